The number of hydrogen-bond donors (Lipinski definition) is 0. The summed E-state index contributed by atoms with van der Waals surface area (Å²) in [7, 11) is -3.23. The van der Waals surface area contributed by atoms with E-state index < -0.39 is 15.4 Å². The minimum atomic E-state index is -3.23. The van der Waals surface area contributed by atoms with Crippen molar-refractivity contribution in [1.82, 2.24) is 4.90 Å². The Hall–Kier alpha value is -1.20. The van der Waals surface area contributed by atoms with Gasteiger partial charge in [-0.15, -0.1) is 0 Å². The number of nitrogens with zero attached hydrogens (tertiary/aromatic N) is 1. The van der Waals surface area contributed by atoms with Gasteiger partial charge in [-0.25, -0.2) is 8.42 Å². The Morgan fingerprint density at radius 2 is 1.55 bits per heavy atom. The molecule has 4 nitrogen and oxygen atoms in total. The SMILES string of the molecule is CCN(CC)C(C)(C)C(=O)c1ccc(S(C)(=O)=O)cc1. The molecule has 20 heavy (non-hydrogen) atoms. The Morgan fingerprint density at radius 3 is 1.90 bits per heavy atom. The molecule has 0 saturated heterocycles. The summed E-state index contributed by atoms with van der Waals surface area (Å²) in [6, 6.07) is 6.15. The molecule has 1 aromatic carbocycles. The van der Waals surface area contributed by atoms with Gasteiger partial charge in [0, 0.05) is 11.8 Å². The van der Waals surface area contributed by atoms with Crippen molar-refractivity contribution in [2.75, 3.05) is 19.3 Å². The van der Waals surface area contributed by atoms with Crippen molar-refractivity contribution in [2.24, 2.45) is 0 Å². The molecule has 0 heterocycles. The van der Waals surface area contributed by atoms with Crippen LogP contribution in [-0.2, 0) is 9.84 Å². The number of benzene rings is 1. The average molecular weight is 297 g/mol. The van der Waals surface area contributed by atoms with Gasteiger partial charge in [-0.05, 0) is 39.1 Å². The third-order valence-corrected chi connectivity index (χ3v) is 4.78. The first-order valence-corrected chi connectivity index (χ1v) is 8.63. The van der Waals surface area contributed by atoms with Crippen LogP contribution >= 0.6 is 0 Å². The monoisotopic (exact) mass is 297 g/mol. The summed E-state index contributed by atoms with van der Waals surface area (Å²) in [6.45, 7) is 9.41. The van der Waals surface area contributed by atoms with E-state index in [0.717, 1.165) is 19.3 Å². The van der Waals surface area contributed by atoms with Gasteiger partial charge < -0.3 is 0 Å². The van der Waals surface area contributed by atoms with Crippen LogP contribution in [0.2, 0.25) is 0 Å². The zero-order valence-corrected chi connectivity index (χ0v) is 13.6. The molecule has 0 fully saturated rings. The highest BCUT2D eigenvalue weighted by atomic mass is 32.2. The van der Waals surface area contributed by atoms with Crippen molar-refractivity contribution in [3.63, 3.8) is 0 Å². The highest BCUT2D eigenvalue weighted by Crippen LogP contribution is 2.21. The van der Waals surface area contributed by atoms with Crippen molar-refractivity contribution in [2.45, 2.75) is 38.1 Å². The first-order chi connectivity index (χ1) is 9.14. The van der Waals surface area contributed by atoms with Crippen molar-refractivity contribution >= 4 is 15.6 Å². The molecule has 112 valence electrons. The number of hydrogen-bond acceptors (Lipinski definition) is 4. The topological polar surface area (TPSA) is 54.5 Å². The van der Waals surface area contributed by atoms with E-state index in [2.05, 4.69) is 4.90 Å². The Labute approximate surface area is 121 Å². The lowest BCUT2D eigenvalue weighted by molar-refractivity contribution is 0.0668. The lowest BCUT2D eigenvalue weighted by Gasteiger charge is -2.35. The smallest absolute Gasteiger partial charge is 0.182 e. The number of Topliss-reactive ketones (excluding diaryl/α,β-unsaturated/α-hetero) is 1. The molecule has 0 aliphatic heterocycles. The maximum absolute atomic E-state index is 12.6. The molecule has 0 atom stereocenters. The van der Waals surface area contributed by atoms with Gasteiger partial charge in [0.1, 0.15) is 0 Å². The first kappa shape index (κ1) is 16.9. The number of sulfone groups is 1. The third kappa shape index (κ3) is 3.46. The van der Waals surface area contributed by atoms with Gasteiger partial charge in [0.2, 0.25) is 0 Å². The molecule has 0 bridgehead atoms. The summed E-state index contributed by atoms with van der Waals surface area (Å²) >= 11 is 0. The fourth-order valence-corrected chi connectivity index (χ4v) is 2.99. The Bertz CT molecular complexity index is 570. The number of carbonyl (C=O) groups excluding carboxylic acids is 1. The van der Waals surface area contributed by atoms with E-state index in [1.807, 2.05) is 27.7 Å². The van der Waals surface area contributed by atoms with E-state index in [4.69, 9.17) is 0 Å². The molecular formula is C15H23NO3S. The van der Waals surface area contributed by atoms with E-state index >= 15 is 0 Å². The summed E-state index contributed by atoms with van der Waals surface area (Å²) in [5.74, 6) is 0.00116. The van der Waals surface area contributed by atoms with Gasteiger partial charge in [0.05, 0.1) is 10.4 Å². The van der Waals surface area contributed by atoms with Crippen molar-refractivity contribution in [1.29, 1.82) is 0 Å². The predicted octanol–water partition coefficient (Wildman–Crippen LogP) is 2.39. The largest absolute Gasteiger partial charge is 0.292 e. The van der Waals surface area contributed by atoms with Gasteiger partial charge in [0.25, 0.3) is 0 Å². The van der Waals surface area contributed by atoms with Gasteiger partial charge in [0.15, 0.2) is 15.6 Å². The van der Waals surface area contributed by atoms with Crippen LogP contribution in [0, 0.1) is 0 Å². The van der Waals surface area contributed by atoms with E-state index in [1.54, 1.807) is 12.1 Å². The molecule has 0 N–H and O–H groups in total. The van der Waals surface area contributed by atoms with E-state index in [0.29, 0.717) is 5.56 Å². The Morgan fingerprint density at radius 1 is 1.10 bits per heavy atom. The van der Waals surface area contributed by atoms with Gasteiger partial charge in [-0.2, -0.15) is 0 Å². The first-order valence-electron chi connectivity index (χ1n) is 6.74. The second-order valence-corrected chi connectivity index (χ2v) is 7.37. The molecule has 0 radical (unpaired) electrons. The summed E-state index contributed by atoms with van der Waals surface area (Å²) < 4.78 is 22.8. The van der Waals surface area contributed by atoms with Gasteiger partial charge in [-0.1, -0.05) is 26.0 Å². The summed E-state index contributed by atoms with van der Waals surface area (Å²) in [5, 5.41) is 0. The van der Waals surface area contributed by atoms with E-state index in [9.17, 15) is 13.2 Å². The average Bonchev–Trinajstić information content (AvgIpc) is 2.38. The predicted molar refractivity (Wildman–Crippen MR) is 80.9 cm³/mol. The molecule has 0 unspecified atom stereocenters. The molecule has 0 saturated carbocycles. The van der Waals surface area contributed by atoms with Crippen molar-refractivity contribution in [3.8, 4) is 0 Å². The lowest BCUT2D eigenvalue weighted by Crippen LogP contribution is -2.49. The van der Waals surface area contributed by atoms with Crippen LogP contribution < -0.4 is 0 Å². The number of likely N-dealkylation sites (N-methyl/N-ethyl adjacent to an activating group) is 1. The molecule has 1 aromatic rings. The standard InChI is InChI=1S/C15H23NO3S/c1-6-16(7-2)15(3,4)14(17)12-8-10-13(11-9-12)20(5,18)19/h8-11H,6-7H2,1-5H3. The highest BCUT2D eigenvalue weighted by Gasteiger charge is 2.33. The van der Waals surface area contributed by atoms with Crippen LogP contribution in [0.15, 0.2) is 29.2 Å². The van der Waals surface area contributed by atoms with Crippen molar-refractivity contribution < 1.29 is 13.2 Å². The number of ketones is 1. The summed E-state index contributed by atoms with van der Waals surface area (Å²) in [5.41, 5.74) is -0.0647. The zero-order valence-electron chi connectivity index (χ0n) is 12.8. The molecule has 5 heteroatoms. The number of carbonyl (C=O) groups is 1. The molecule has 0 amide bonds. The third-order valence-electron chi connectivity index (χ3n) is 3.65. The maximum atomic E-state index is 12.6. The zero-order chi connectivity index (χ0) is 15.6. The molecule has 0 aliphatic rings. The van der Waals surface area contributed by atoms with Crippen LogP contribution in [0.1, 0.15) is 38.1 Å². The molecule has 0 aromatic heterocycles. The van der Waals surface area contributed by atoms with Crippen LogP contribution in [-0.4, -0.2) is 44.0 Å². The Kier molecular flexibility index (Phi) is 5.10. The van der Waals surface area contributed by atoms with Crippen LogP contribution in [0.5, 0.6) is 0 Å². The quantitative estimate of drug-likeness (QED) is 0.757. The van der Waals surface area contributed by atoms with E-state index in [1.165, 1.54) is 12.1 Å². The fraction of sp³-hybridized carbons (Fsp3) is 0.533. The number of rotatable bonds is 6. The minimum absolute atomic E-state index is 0.00116. The van der Waals surface area contributed by atoms with Crippen LogP contribution in [0.3, 0.4) is 0 Å². The minimum Gasteiger partial charge on any atom is -0.292 e. The van der Waals surface area contributed by atoms with Crippen LogP contribution in [0.25, 0.3) is 0 Å². The second kappa shape index (κ2) is 6.06. The lowest BCUT2D eigenvalue weighted by atomic mass is 9.91. The Balaban J connectivity index is 3.10. The van der Waals surface area contributed by atoms with Crippen molar-refractivity contribution in [3.05, 3.63) is 29.8 Å². The maximum Gasteiger partial charge on any atom is 0.182 e. The van der Waals surface area contributed by atoms with E-state index in [-0.39, 0.29) is 10.7 Å². The molecule has 0 spiro atoms. The molecule has 1 rings (SSSR count). The molecule has 0 aliphatic carbocycles. The highest BCUT2D eigenvalue weighted by molar-refractivity contribution is 7.90. The second-order valence-electron chi connectivity index (χ2n) is 5.36. The van der Waals surface area contributed by atoms with Crippen LogP contribution in [0.4, 0.5) is 0 Å². The summed E-state index contributed by atoms with van der Waals surface area (Å²) in [4.78, 5) is 14.9. The van der Waals surface area contributed by atoms with Gasteiger partial charge in [-0.3, -0.25) is 9.69 Å². The normalized spacial score (nSPS) is 12.7. The van der Waals surface area contributed by atoms with Gasteiger partial charge >= 0.3 is 0 Å². The summed E-state index contributed by atoms with van der Waals surface area (Å²) in [6.07, 6.45) is 1.16. The fourth-order valence-electron chi connectivity index (χ4n) is 2.36. The molecular weight excluding hydrogens is 274 g/mol.